The Morgan fingerprint density at radius 3 is 2.67 bits per heavy atom. The Labute approximate surface area is 129 Å². The highest BCUT2D eigenvalue weighted by molar-refractivity contribution is 6.32. The molecule has 0 radical (unpaired) electrons. The molecule has 0 aliphatic carbocycles. The van der Waals surface area contributed by atoms with Crippen LogP contribution in [0, 0.1) is 0 Å². The largest absolute Gasteiger partial charge is 0.493 e. The number of pyridine rings is 1. The Kier molecular flexibility index (Phi) is 5.38. The van der Waals surface area contributed by atoms with Crippen LogP contribution in [0.2, 0.25) is 5.02 Å². The maximum absolute atomic E-state index is 6.23. The third-order valence-corrected chi connectivity index (χ3v) is 3.48. The van der Waals surface area contributed by atoms with Crippen LogP contribution in [0.15, 0.2) is 36.5 Å². The minimum Gasteiger partial charge on any atom is -0.493 e. The van der Waals surface area contributed by atoms with Gasteiger partial charge in [0.15, 0.2) is 11.5 Å². The van der Waals surface area contributed by atoms with Gasteiger partial charge in [-0.05, 0) is 29.8 Å². The highest BCUT2D eigenvalue weighted by atomic mass is 35.5. The molecule has 0 amide bonds. The summed E-state index contributed by atoms with van der Waals surface area (Å²) >= 11 is 6.23. The zero-order valence-corrected chi connectivity index (χ0v) is 12.7. The Bertz CT molecular complexity index is 593. The zero-order chi connectivity index (χ0) is 15.2. The number of methoxy groups -OCH3 is 2. The average Bonchev–Trinajstić information content (AvgIpc) is 2.52. The number of hydrazine groups is 1. The number of hydrogen-bond acceptors (Lipinski definition) is 5. The molecule has 0 bridgehead atoms. The molecule has 1 heterocycles. The van der Waals surface area contributed by atoms with Gasteiger partial charge in [-0.25, -0.2) is 0 Å². The molecule has 5 nitrogen and oxygen atoms in total. The van der Waals surface area contributed by atoms with E-state index in [1.807, 2.05) is 30.3 Å². The molecule has 0 spiro atoms. The summed E-state index contributed by atoms with van der Waals surface area (Å²) in [7, 11) is 3.12. The fourth-order valence-electron chi connectivity index (χ4n) is 2.14. The lowest BCUT2D eigenvalue weighted by molar-refractivity contribution is 0.354. The smallest absolute Gasteiger partial charge is 0.179 e. The highest BCUT2D eigenvalue weighted by Crippen LogP contribution is 2.37. The first kappa shape index (κ1) is 15.6. The molecule has 0 fully saturated rings. The van der Waals surface area contributed by atoms with Crippen molar-refractivity contribution in [2.24, 2.45) is 5.84 Å². The Balaban J connectivity index is 2.32. The number of benzene rings is 1. The van der Waals surface area contributed by atoms with Gasteiger partial charge in [0.05, 0.1) is 25.3 Å². The molecule has 2 aromatic rings. The van der Waals surface area contributed by atoms with Crippen molar-refractivity contribution >= 4 is 11.6 Å². The van der Waals surface area contributed by atoms with Crippen molar-refractivity contribution in [3.63, 3.8) is 0 Å². The van der Waals surface area contributed by atoms with E-state index in [0.717, 1.165) is 11.3 Å². The molecule has 0 saturated heterocycles. The molecule has 2 rings (SSSR count). The predicted octanol–water partition coefficient (Wildman–Crippen LogP) is 2.50. The number of ether oxygens (including phenoxy) is 2. The molecule has 0 saturated carbocycles. The van der Waals surface area contributed by atoms with Crippen molar-refractivity contribution < 1.29 is 9.47 Å². The first-order valence-electron chi connectivity index (χ1n) is 6.47. The lowest BCUT2D eigenvalue weighted by Crippen LogP contribution is -2.29. The summed E-state index contributed by atoms with van der Waals surface area (Å²) in [4.78, 5) is 4.31. The monoisotopic (exact) mass is 307 g/mol. The van der Waals surface area contributed by atoms with Gasteiger partial charge in [0.2, 0.25) is 0 Å². The maximum atomic E-state index is 6.23. The molecule has 1 aromatic heterocycles. The quantitative estimate of drug-likeness (QED) is 0.634. The van der Waals surface area contributed by atoms with Crippen molar-refractivity contribution in [1.82, 2.24) is 10.4 Å². The van der Waals surface area contributed by atoms with Crippen LogP contribution in [0.4, 0.5) is 0 Å². The van der Waals surface area contributed by atoms with Gasteiger partial charge in [0, 0.05) is 18.3 Å². The van der Waals surface area contributed by atoms with E-state index in [2.05, 4.69) is 10.4 Å². The topological polar surface area (TPSA) is 69.4 Å². The van der Waals surface area contributed by atoms with E-state index in [9.17, 15) is 0 Å². The van der Waals surface area contributed by atoms with Crippen molar-refractivity contribution in [2.75, 3.05) is 14.2 Å². The molecule has 0 aliphatic rings. The van der Waals surface area contributed by atoms with Crippen molar-refractivity contribution in [3.05, 3.63) is 52.8 Å². The fraction of sp³-hybridized carbons (Fsp3) is 0.267. The summed E-state index contributed by atoms with van der Waals surface area (Å²) in [6.07, 6.45) is 2.40. The van der Waals surface area contributed by atoms with Crippen LogP contribution in [0.5, 0.6) is 11.5 Å². The number of nitrogens with one attached hydrogen (secondary N) is 1. The molecule has 0 aliphatic heterocycles. The van der Waals surface area contributed by atoms with Crippen molar-refractivity contribution in [2.45, 2.75) is 12.5 Å². The van der Waals surface area contributed by atoms with E-state index in [-0.39, 0.29) is 6.04 Å². The van der Waals surface area contributed by atoms with E-state index >= 15 is 0 Å². The van der Waals surface area contributed by atoms with Gasteiger partial charge in [-0.3, -0.25) is 16.3 Å². The molecule has 112 valence electrons. The Morgan fingerprint density at radius 2 is 2.10 bits per heavy atom. The number of nitrogens with two attached hydrogens (primary N) is 1. The van der Waals surface area contributed by atoms with Crippen LogP contribution in [0.25, 0.3) is 0 Å². The maximum Gasteiger partial charge on any atom is 0.179 e. The fourth-order valence-corrected chi connectivity index (χ4v) is 2.44. The summed E-state index contributed by atoms with van der Waals surface area (Å²) in [6.45, 7) is 0. The van der Waals surface area contributed by atoms with Crippen LogP contribution in [0.1, 0.15) is 17.3 Å². The van der Waals surface area contributed by atoms with Gasteiger partial charge in [-0.1, -0.05) is 17.7 Å². The summed E-state index contributed by atoms with van der Waals surface area (Å²) in [5, 5.41) is 0.480. The number of nitrogens with zero attached hydrogens (tertiary/aromatic N) is 1. The van der Waals surface area contributed by atoms with Gasteiger partial charge in [0.1, 0.15) is 0 Å². The molecule has 6 heteroatoms. The molecule has 1 atom stereocenters. The van der Waals surface area contributed by atoms with Crippen LogP contribution in [-0.4, -0.2) is 19.2 Å². The third-order valence-electron chi connectivity index (χ3n) is 3.20. The van der Waals surface area contributed by atoms with Crippen LogP contribution < -0.4 is 20.7 Å². The summed E-state index contributed by atoms with van der Waals surface area (Å²) in [5.74, 6) is 6.75. The van der Waals surface area contributed by atoms with Crippen LogP contribution >= 0.6 is 11.6 Å². The minimum atomic E-state index is -0.128. The van der Waals surface area contributed by atoms with Gasteiger partial charge in [-0.15, -0.1) is 0 Å². The number of halogens is 1. The average molecular weight is 308 g/mol. The normalized spacial score (nSPS) is 12.0. The van der Waals surface area contributed by atoms with Crippen molar-refractivity contribution in [1.29, 1.82) is 0 Å². The number of aromatic nitrogens is 1. The summed E-state index contributed by atoms with van der Waals surface area (Å²) in [5.41, 5.74) is 4.63. The number of hydrogen-bond donors (Lipinski definition) is 2. The predicted molar refractivity (Wildman–Crippen MR) is 82.6 cm³/mol. The van der Waals surface area contributed by atoms with Crippen LogP contribution in [0.3, 0.4) is 0 Å². The minimum absolute atomic E-state index is 0.128. The Hall–Kier alpha value is -1.82. The zero-order valence-electron chi connectivity index (χ0n) is 12.0. The third kappa shape index (κ3) is 3.64. The lowest BCUT2D eigenvalue weighted by atomic mass is 10.0. The molecule has 1 unspecified atom stereocenters. The van der Waals surface area contributed by atoms with E-state index in [1.54, 1.807) is 20.4 Å². The lowest BCUT2D eigenvalue weighted by Gasteiger charge is -2.19. The highest BCUT2D eigenvalue weighted by Gasteiger charge is 2.17. The van der Waals surface area contributed by atoms with E-state index in [1.165, 1.54) is 0 Å². The summed E-state index contributed by atoms with van der Waals surface area (Å²) < 4.78 is 10.5. The Morgan fingerprint density at radius 1 is 1.29 bits per heavy atom. The standard InChI is InChI=1S/C15H18ClN3O2/c1-20-14-8-10(7-12(16)15(14)21-2)13(19-17)9-11-5-3-4-6-18-11/h3-8,13,19H,9,17H2,1-2H3. The second-order valence-corrected chi connectivity index (χ2v) is 4.89. The molecular weight excluding hydrogens is 290 g/mol. The van der Waals surface area contributed by atoms with Gasteiger partial charge in [-0.2, -0.15) is 0 Å². The van der Waals surface area contributed by atoms with Crippen molar-refractivity contribution in [3.8, 4) is 11.5 Å². The second-order valence-electron chi connectivity index (χ2n) is 4.48. The first-order valence-corrected chi connectivity index (χ1v) is 6.84. The van der Waals surface area contributed by atoms with E-state index < -0.39 is 0 Å². The van der Waals surface area contributed by atoms with E-state index in [4.69, 9.17) is 26.9 Å². The first-order chi connectivity index (χ1) is 10.2. The number of rotatable bonds is 6. The second kappa shape index (κ2) is 7.26. The SMILES string of the molecule is COc1cc(C(Cc2ccccn2)NN)cc(Cl)c1OC. The molecular formula is C15H18ClN3O2. The van der Waals surface area contributed by atoms with Gasteiger partial charge >= 0.3 is 0 Å². The molecule has 1 aromatic carbocycles. The summed E-state index contributed by atoms with van der Waals surface area (Å²) in [6, 6.07) is 9.32. The van der Waals surface area contributed by atoms with Crippen LogP contribution in [-0.2, 0) is 6.42 Å². The molecule has 3 N–H and O–H groups in total. The van der Waals surface area contributed by atoms with E-state index in [0.29, 0.717) is 22.9 Å². The van der Waals surface area contributed by atoms with Gasteiger partial charge < -0.3 is 9.47 Å². The van der Waals surface area contributed by atoms with Gasteiger partial charge in [0.25, 0.3) is 0 Å². The molecule has 21 heavy (non-hydrogen) atoms.